The highest BCUT2D eigenvalue weighted by Crippen LogP contribution is 2.31. The smallest absolute Gasteiger partial charge is 0.235 e. The van der Waals surface area contributed by atoms with E-state index >= 15 is 0 Å². The summed E-state index contributed by atoms with van der Waals surface area (Å²) in [5, 5.41) is 0.459. The normalized spacial score (nSPS) is 10.7. The zero-order valence-electron chi connectivity index (χ0n) is 12.8. The number of hydrogen-bond donors (Lipinski definition) is 0. The number of fused-ring (bicyclic) bond motifs is 1. The quantitative estimate of drug-likeness (QED) is 0.640. The Morgan fingerprint density at radius 1 is 1.17 bits per heavy atom. The van der Waals surface area contributed by atoms with E-state index in [0.717, 1.165) is 4.47 Å². The zero-order chi connectivity index (χ0) is 16.4. The minimum absolute atomic E-state index is 0.188. The molecule has 0 bridgehead atoms. The number of halogens is 1. The van der Waals surface area contributed by atoms with Gasteiger partial charge in [0.15, 0.2) is 0 Å². The molecule has 0 saturated heterocycles. The second-order valence-electron chi connectivity index (χ2n) is 4.94. The van der Waals surface area contributed by atoms with Crippen LogP contribution in [0.3, 0.4) is 0 Å². The van der Waals surface area contributed by atoms with Crippen LogP contribution in [0.5, 0.6) is 17.2 Å². The lowest BCUT2D eigenvalue weighted by Gasteiger charge is -2.10. The zero-order valence-corrected chi connectivity index (χ0v) is 14.3. The Hall–Kier alpha value is -2.27. The van der Waals surface area contributed by atoms with E-state index in [4.69, 9.17) is 13.9 Å². The van der Waals surface area contributed by atoms with E-state index in [1.165, 1.54) is 0 Å². The molecule has 3 rings (SSSR count). The number of rotatable bonds is 4. The predicted molar refractivity (Wildman–Crippen MR) is 92.6 cm³/mol. The summed E-state index contributed by atoms with van der Waals surface area (Å²) < 4.78 is 17.7. The highest BCUT2D eigenvalue weighted by atomic mass is 79.9. The first-order chi connectivity index (χ1) is 11.1. The van der Waals surface area contributed by atoms with Crippen molar-refractivity contribution in [1.82, 2.24) is 0 Å². The summed E-state index contributed by atoms with van der Waals surface area (Å²) in [4.78, 5) is 12.7. The van der Waals surface area contributed by atoms with Gasteiger partial charge in [-0.15, -0.1) is 0 Å². The molecule has 0 radical (unpaired) electrons. The van der Waals surface area contributed by atoms with Crippen LogP contribution >= 0.6 is 15.9 Å². The SMILES string of the molecule is CCOc1ccc2c(=O)c(Oc3ccccc3Br)c(C)oc2c1. The summed E-state index contributed by atoms with van der Waals surface area (Å²) in [6.07, 6.45) is 0. The molecule has 0 amide bonds. The van der Waals surface area contributed by atoms with Gasteiger partial charge in [0.25, 0.3) is 0 Å². The number of hydrogen-bond acceptors (Lipinski definition) is 4. The summed E-state index contributed by atoms with van der Waals surface area (Å²) in [7, 11) is 0. The molecule has 2 aromatic carbocycles. The summed E-state index contributed by atoms with van der Waals surface area (Å²) in [5.41, 5.74) is 0.278. The fraction of sp³-hybridized carbons (Fsp3) is 0.167. The average molecular weight is 375 g/mol. The first kappa shape index (κ1) is 15.6. The van der Waals surface area contributed by atoms with Crippen LogP contribution in [0.1, 0.15) is 12.7 Å². The van der Waals surface area contributed by atoms with Gasteiger partial charge in [0.05, 0.1) is 16.5 Å². The van der Waals surface area contributed by atoms with E-state index in [1.54, 1.807) is 31.2 Å². The second-order valence-corrected chi connectivity index (χ2v) is 5.79. The van der Waals surface area contributed by atoms with Crippen LogP contribution in [0.4, 0.5) is 0 Å². The summed E-state index contributed by atoms with van der Waals surface area (Å²) >= 11 is 3.41. The summed E-state index contributed by atoms with van der Waals surface area (Å²) in [6.45, 7) is 4.17. The topological polar surface area (TPSA) is 48.7 Å². The molecule has 0 atom stereocenters. The van der Waals surface area contributed by atoms with Crippen molar-refractivity contribution in [2.45, 2.75) is 13.8 Å². The molecule has 0 aliphatic carbocycles. The molecule has 0 spiro atoms. The lowest BCUT2D eigenvalue weighted by molar-refractivity contribution is 0.340. The third-order valence-electron chi connectivity index (χ3n) is 3.35. The molecule has 1 heterocycles. The molecule has 0 fully saturated rings. The summed E-state index contributed by atoms with van der Waals surface area (Å²) in [5.74, 6) is 1.84. The highest BCUT2D eigenvalue weighted by Gasteiger charge is 2.15. The average Bonchev–Trinajstić information content (AvgIpc) is 2.53. The molecule has 1 aromatic heterocycles. The van der Waals surface area contributed by atoms with Gasteiger partial charge in [-0.05, 0) is 54.0 Å². The van der Waals surface area contributed by atoms with Crippen LogP contribution in [0.2, 0.25) is 0 Å². The van der Waals surface area contributed by atoms with Crippen molar-refractivity contribution in [3.05, 3.63) is 62.9 Å². The van der Waals surface area contributed by atoms with Gasteiger partial charge in [0.2, 0.25) is 11.2 Å². The van der Waals surface area contributed by atoms with Crippen LogP contribution in [-0.2, 0) is 0 Å². The van der Waals surface area contributed by atoms with Gasteiger partial charge in [-0.1, -0.05) is 12.1 Å². The minimum atomic E-state index is -0.206. The van der Waals surface area contributed by atoms with Gasteiger partial charge >= 0.3 is 0 Å². The molecular formula is C18H15BrO4. The van der Waals surface area contributed by atoms with Gasteiger partial charge in [-0.3, -0.25) is 4.79 Å². The van der Waals surface area contributed by atoms with E-state index in [1.807, 2.05) is 25.1 Å². The lowest BCUT2D eigenvalue weighted by Crippen LogP contribution is -2.07. The maximum absolute atomic E-state index is 12.7. The Kier molecular flexibility index (Phi) is 4.39. The van der Waals surface area contributed by atoms with Crippen molar-refractivity contribution in [1.29, 1.82) is 0 Å². The van der Waals surface area contributed by atoms with E-state index in [-0.39, 0.29) is 11.2 Å². The molecule has 0 saturated carbocycles. The summed E-state index contributed by atoms with van der Waals surface area (Å²) in [6, 6.07) is 12.5. The fourth-order valence-corrected chi connectivity index (χ4v) is 2.65. The Bertz CT molecular complexity index is 915. The molecule has 23 heavy (non-hydrogen) atoms. The molecule has 5 heteroatoms. The third-order valence-corrected chi connectivity index (χ3v) is 4.00. The van der Waals surface area contributed by atoms with E-state index in [9.17, 15) is 4.79 Å². The van der Waals surface area contributed by atoms with E-state index in [2.05, 4.69) is 15.9 Å². The number of benzene rings is 2. The number of aryl methyl sites for hydroxylation is 1. The molecule has 3 aromatic rings. The van der Waals surface area contributed by atoms with Gasteiger partial charge in [-0.25, -0.2) is 0 Å². The molecule has 0 aliphatic rings. The fourth-order valence-electron chi connectivity index (χ4n) is 2.28. The van der Waals surface area contributed by atoms with Crippen LogP contribution in [0, 0.1) is 6.92 Å². The molecule has 0 unspecified atom stereocenters. The number of ether oxygens (including phenoxy) is 2. The maximum atomic E-state index is 12.7. The first-order valence-corrected chi connectivity index (χ1v) is 8.02. The molecule has 0 aliphatic heterocycles. The van der Waals surface area contributed by atoms with Crippen molar-refractivity contribution < 1.29 is 13.9 Å². The van der Waals surface area contributed by atoms with Crippen LogP contribution in [0.25, 0.3) is 11.0 Å². The van der Waals surface area contributed by atoms with Gasteiger partial charge in [0.1, 0.15) is 22.8 Å². The highest BCUT2D eigenvalue weighted by molar-refractivity contribution is 9.10. The van der Waals surface area contributed by atoms with Gasteiger partial charge in [0, 0.05) is 6.07 Å². The van der Waals surface area contributed by atoms with Crippen molar-refractivity contribution in [3.8, 4) is 17.2 Å². The van der Waals surface area contributed by atoms with Crippen molar-refractivity contribution >= 4 is 26.9 Å². The first-order valence-electron chi connectivity index (χ1n) is 7.22. The Labute approximate surface area is 141 Å². The minimum Gasteiger partial charge on any atom is -0.494 e. The van der Waals surface area contributed by atoms with E-state index < -0.39 is 0 Å². The van der Waals surface area contributed by atoms with Crippen molar-refractivity contribution in [2.24, 2.45) is 0 Å². The number of para-hydroxylation sites is 1. The van der Waals surface area contributed by atoms with Gasteiger partial charge in [-0.2, -0.15) is 0 Å². The standard InChI is InChI=1S/C18H15BrO4/c1-3-21-12-8-9-13-16(10-12)22-11(2)18(17(13)20)23-15-7-5-4-6-14(15)19/h4-10H,3H2,1-2H3. The van der Waals surface area contributed by atoms with Crippen LogP contribution < -0.4 is 14.9 Å². The Morgan fingerprint density at radius 3 is 2.70 bits per heavy atom. The molecule has 4 nitrogen and oxygen atoms in total. The largest absolute Gasteiger partial charge is 0.494 e. The molecular weight excluding hydrogens is 360 g/mol. The van der Waals surface area contributed by atoms with Crippen molar-refractivity contribution in [2.75, 3.05) is 6.61 Å². The maximum Gasteiger partial charge on any atom is 0.235 e. The second kappa shape index (κ2) is 6.46. The lowest BCUT2D eigenvalue weighted by atomic mass is 10.2. The van der Waals surface area contributed by atoms with Crippen LogP contribution in [0.15, 0.2) is 56.1 Å². The van der Waals surface area contributed by atoms with E-state index in [0.29, 0.717) is 34.8 Å². The Balaban J connectivity index is 2.10. The van der Waals surface area contributed by atoms with Crippen LogP contribution in [-0.4, -0.2) is 6.61 Å². The van der Waals surface area contributed by atoms with Gasteiger partial charge < -0.3 is 13.9 Å². The molecule has 0 N–H and O–H groups in total. The van der Waals surface area contributed by atoms with Crippen molar-refractivity contribution in [3.63, 3.8) is 0 Å². The monoisotopic (exact) mass is 374 g/mol. The Morgan fingerprint density at radius 2 is 1.96 bits per heavy atom. The molecule has 118 valence electrons. The third kappa shape index (κ3) is 3.10. The predicted octanol–water partition coefficient (Wildman–Crippen LogP) is 5.05.